The highest BCUT2D eigenvalue weighted by Crippen LogP contribution is 2.55. The molecule has 0 aliphatic carbocycles. The number of aryl methyl sites for hydroxylation is 1. The molecule has 2 aromatic carbocycles. The molecule has 2 aromatic rings. The molecule has 15 heteroatoms. The SMILES string of the molecule is O=C(O)CC(=O)OC[C@H]1O[C@@H](O)[C@H](OOc2cc(CCCCCO)c3c(c2)[C@H]2Oc4cc5c(cc4[C@H]2CO3)OCO5)[C@@H](O)[C@@H]1O. The third-order valence-corrected chi connectivity index (χ3v) is 8.13. The van der Waals surface area contributed by atoms with Crippen LogP contribution in [0.3, 0.4) is 0 Å². The molecule has 0 spiro atoms. The summed E-state index contributed by atoms with van der Waals surface area (Å²) in [7, 11) is 0. The Bertz CT molecular complexity index is 1410. The molecular formula is C30H34O15. The van der Waals surface area contributed by atoms with Crippen molar-refractivity contribution in [3.05, 3.63) is 41.0 Å². The Labute approximate surface area is 256 Å². The van der Waals surface area contributed by atoms with E-state index in [9.17, 15) is 30.0 Å². The molecule has 244 valence electrons. The second-order valence-electron chi connectivity index (χ2n) is 11.2. The molecule has 4 heterocycles. The van der Waals surface area contributed by atoms with Crippen LogP contribution in [0.2, 0.25) is 0 Å². The summed E-state index contributed by atoms with van der Waals surface area (Å²) in [6.45, 7) is -0.0114. The van der Waals surface area contributed by atoms with Crippen LogP contribution in [-0.2, 0) is 30.4 Å². The van der Waals surface area contributed by atoms with Gasteiger partial charge in [-0.25, -0.2) is 0 Å². The van der Waals surface area contributed by atoms with Gasteiger partial charge in [-0.2, -0.15) is 4.89 Å². The van der Waals surface area contributed by atoms with Gasteiger partial charge in [-0.05, 0) is 43.0 Å². The van der Waals surface area contributed by atoms with Crippen molar-refractivity contribution >= 4 is 11.9 Å². The first-order chi connectivity index (χ1) is 21.7. The minimum atomic E-state index is -1.80. The maximum Gasteiger partial charge on any atom is 0.317 e. The van der Waals surface area contributed by atoms with E-state index in [0.717, 1.165) is 24.0 Å². The number of unbranched alkanes of at least 4 members (excludes halogenated alkanes) is 2. The van der Waals surface area contributed by atoms with Gasteiger partial charge in [-0.15, -0.1) is 0 Å². The van der Waals surface area contributed by atoms with Gasteiger partial charge in [0.2, 0.25) is 6.79 Å². The van der Waals surface area contributed by atoms with Crippen molar-refractivity contribution in [3.63, 3.8) is 0 Å². The van der Waals surface area contributed by atoms with Crippen LogP contribution < -0.4 is 23.8 Å². The standard InChI is InChI=1S/C30H34O15/c31-5-3-1-2-4-14-6-15(44-45-29-26(36)25(35)22(43-30(29)37)12-38-24(34)10-23(32)33)7-17-27(14)39-11-18-16-8-20-21(41-13-40-20)9-19(16)42-28(17)18/h6-9,18,22,25-26,28-31,35-37H,1-5,10-13H2,(H,32,33)/t18-,22-,25-,26+,28-,29-,30-/m1/s1. The van der Waals surface area contributed by atoms with Crippen molar-refractivity contribution in [3.8, 4) is 28.7 Å². The van der Waals surface area contributed by atoms with Gasteiger partial charge >= 0.3 is 11.9 Å². The number of carbonyl (C=O) groups is 2. The van der Waals surface area contributed by atoms with E-state index >= 15 is 0 Å². The molecule has 4 aliphatic rings. The number of carbonyl (C=O) groups excluding carboxylic acids is 1. The molecule has 7 atom stereocenters. The number of carboxylic acids is 1. The lowest BCUT2D eigenvalue weighted by Gasteiger charge is -2.39. The first-order valence-electron chi connectivity index (χ1n) is 14.6. The van der Waals surface area contributed by atoms with E-state index in [4.69, 9.17) is 43.3 Å². The molecule has 15 nitrogen and oxygen atoms in total. The average molecular weight is 635 g/mol. The third-order valence-electron chi connectivity index (χ3n) is 8.13. The van der Waals surface area contributed by atoms with E-state index in [0.29, 0.717) is 48.0 Å². The fourth-order valence-electron chi connectivity index (χ4n) is 5.87. The minimum Gasteiger partial charge on any atom is -0.492 e. The van der Waals surface area contributed by atoms with Crippen molar-refractivity contribution < 1.29 is 73.3 Å². The van der Waals surface area contributed by atoms with Gasteiger partial charge in [0.15, 0.2) is 29.6 Å². The lowest BCUT2D eigenvalue weighted by Crippen LogP contribution is -2.59. The monoisotopic (exact) mass is 634 g/mol. The van der Waals surface area contributed by atoms with Crippen LogP contribution in [0.25, 0.3) is 0 Å². The van der Waals surface area contributed by atoms with Gasteiger partial charge in [0.1, 0.15) is 48.9 Å². The molecule has 0 aromatic heterocycles. The first kappa shape index (κ1) is 31.1. The first-order valence-corrected chi connectivity index (χ1v) is 14.6. The van der Waals surface area contributed by atoms with Gasteiger partial charge in [0, 0.05) is 23.8 Å². The molecule has 0 bridgehead atoms. The summed E-state index contributed by atoms with van der Waals surface area (Å²) in [5.74, 6) is 0.124. The second kappa shape index (κ2) is 13.2. The van der Waals surface area contributed by atoms with E-state index < -0.39 is 61.8 Å². The van der Waals surface area contributed by atoms with Gasteiger partial charge in [0.25, 0.3) is 0 Å². The number of esters is 1. The number of carboxylic acid groups (broad SMARTS) is 1. The van der Waals surface area contributed by atoms with E-state index in [1.54, 1.807) is 18.2 Å². The number of benzene rings is 2. The Kier molecular flexibility index (Phi) is 9.16. The summed E-state index contributed by atoms with van der Waals surface area (Å²) in [5.41, 5.74) is 2.43. The van der Waals surface area contributed by atoms with Crippen molar-refractivity contribution in [1.29, 1.82) is 0 Å². The number of aliphatic carboxylic acids is 1. The normalized spacial score (nSPS) is 27.4. The van der Waals surface area contributed by atoms with Gasteiger partial charge in [0.05, 0.1) is 12.5 Å². The Morgan fingerprint density at radius 3 is 2.49 bits per heavy atom. The smallest absolute Gasteiger partial charge is 0.317 e. The fraction of sp³-hybridized carbons (Fsp3) is 0.533. The van der Waals surface area contributed by atoms with E-state index in [1.165, 1.54) is 0 Å². The van der Waals surface area contributed by atoms with Crippen LogP contribution in [0.4, 0.5) is 0 Å². The summed E-state index contributed by atoms with van der Waals surface area (Å²) in [6, 6.07) is 7.08. The quantitative estimate of drug-likeness (QED) is 0.0721. The highest BCUT2D eigenvalue weighted by atomic mass is 17.2. The number of rotatable bonds is 12. The average Bonchev–Trinajstić information content (AvgIpc) is 3.62. The Morgan fingerprint density at radius 1 is 0.911 bits per heavy atom. The Morgan fingerprint density at radius 2 is 1.71 bits per heavy atom. The van der Waals surface area contributed by atoms with Crippen LogP contribution in [0.15, 0.2) is 24.3 Å². The molecule has 5 N–H and O–H groups in total. The largest absolute Gasteiger partial charge is 0.492 e. The van der Waals surface area contributed by atoms with Crippen LogP contribution in [0.5, 0.6) is 28.7 Å². The Balaban J connectivity index is 1.18. The molecule has 1 saturated heterocycles. The molecule has 0 unspecified atom stereocenters. The Hall–Kier alpha value is -3.86. The zero-order valence-electron chi connectivity index (χ0n) is 24.0. The second-order valence-corrected chi connectivity index (χ2v) is 11.2. The van der Waals surface area contributed by atoms with E-state index in [2.05, 4.69) is 0 Å². The van der Waals surface area contributed by atoms with Crippen LogP contribution in [-0.4, -0.2) is 94.8 Å². The third kappa shape index (κ3) is 6.45. The summed E-state index contributed by atoms with van der Waals surface area (Å²) in [6.07, 6.45) is -6.63. The molecule has 45 heavy (non-hydrogen) atoms. The maximum atomic E-state index is 11.5. The molecule has 6 rings (SSSR count). The number of hydrogen-bond acceptors (Lipinski definition) is 14. The lowest BCUT2D eigenvalue weighted by atomic mass is 9.87. The molecule has 1 fully saturated rings. The van der Waals surface area contributed by atoms with E-state index in [1.807, 2.05) is 6.07 Å². The van der Waals surface area contributed by atoms with Crippen LogP contribution >= 0.6 is 0 Å². The van der Waals surface area contributed by atoms with Gasteiger partial charge in [-0.3, -0.25) is 9.59 Å². The summed E-state index contributed by atoms with van der Waals surface area (Å²) in [4.78, 5) is 33.2. The highest BCUT2D eigenvalue weighted by Gasteiger charge is 2.47. The molecular weight excluding hydrogens is 600 g/mol. The minimum absolute atomic E-state index is 0.0877. The predicted molar refractivity (Wildman–Crippen MR) is 147 cm³/mol. The van der Waals surface area contributed by atoms with Crippen LogP contribution in [0.1, 0.15) is 54.4 Å². The molecule has 0 saturated carbocycles. The molecule has 4 aliphatic heterocycles. The van der Waals surface area contributed by atoms with Crippen molar-refractivity contribution in [2.45, 2.75) is 74.8 Å². The number of hydrogen-bond donors (Lipinski definition) is 5. The van der Waals surface area contributed by atoms with Crippen LogP contribution in [0, 0.1) is 0 Å². The van der Waals surface area contributed by atoms with Gasteiger partial charge in [-0.1, -0.05) is 6.42 Å². The topological polar surface area (TPSA) is 209 Å². The maximum absolute atomic E-state index is 11.5. The van der Waals surface area contributed by atoms with Gasteiger partial charge < -0.3 is 58.8 Å². The highest BCUT2D eigenvalue weighted by molar-refractivity contribution is 5.90. The zero-order chi connectivity index (χ0) is 31.7. The molecule has 0 radical (unpaired) electrons. The number of aliphatic hydroxyl groups excluding tert-OH is 4. The number of aliphatic hydroxyl groups is 4. The molecule has 0 amide bonds. The van der Waals surface area contributed by atoms with E-state index in [-0.39, 0.29) is 25.1 Å². The zero-order valence-corrected chi connectivity index (χ0v) is 24.0. The van der Waals surface area contributed by atoms with Crippen molar-refractivity contribution in [2.24, 2.45) is 0 Å². The summed E-state index contributed by atoms with van der Waals surface area (Å²) >= 11 is 0. The van der Waals surface area contributed by atoms with Crippen molar-refractivity contribution in [2.75, 3.05) is 26.6 Å². The fourth-order valence-corrected chi connectivity index (χ4v) is 5.87. The number of fused-ring (bicyclic) bond motifs is 6. The lowest BCUT2D eigenvalue weighted by molar-refractivity contribution is -0.365. The van der Waals surface area contributed by atoms with Crippen molar-refractivity contribution in [1.82, 2.24) is 0 Å². The summed E-state index contributed by atoms with van der Waals surface area (Å²) in [5, 5.41) is 49.6. The predicted octanol–water partition coefficient (Wildman–Crippen LogP) is 0.866. The summed E-state index contributed by atoms with van der Waals surface area (Å²) < 4.78 is 33.8. The number of ether oxygens (including phenoxy) is 6.